The highest BCUT2D eigenvalue weighted by Crippen LogP contribution is 2.27. The highest BCUT2D eigenvalue weighted by molar-refractivity contribution is 7.99. The first kappa shape index (κ1) is 13.5. The Morgan fingerprint density at radius 1 is 1.39 bits per heavy atom. The smallest absolute Gasteiger partial charge is 0.327 e. The SMILES string of the molecule is CCN(C(=O)N1CSC[C@H]1C(=O)O)C1CCCC1. The van der Waals surface area contributed by atoms with Crippen LogP contribution in [-0.2, 0) is 4.79 Å². The van der Waals surface area contributed by atoms with Crippen molar-refractivity contribution in [2.24, 2.45) is 0 Å². The molecule has 2 fully saturated rings. The molecule has 1 aliphatic carbocycles. The number of carboxylic acids is 1. The van der Waals surface area contributed by atoms with E-state index >= 15 is 0 Å². The lowest BCUT2D eigenvalue weighted by Gasteiger charge is -2.33. The minimum absolute atomic E-state index is 0.0956. The van der Waals surface area contributed by atoms with Gasteiger partial charge in [-0.05, 0) is 19.8 Å². The summed E-state index contributed by atoms with van der Waals surface area (Å²) in [4.78, 5) is 26.9. The van der Waals surface area contributed by atoms with E-state index in [4.69, 9.17) is 5.11 Å². The van der Waals surface area contributed by atoms with Crippen molar-refractivity contribution in [3.05, 3.63) is 0 Å². The standard InChI is InChI=1S/C12H20N2O3S/c1-2-13(9-5-3-4-6-9)12(17)14-8-18-7-10(14)11(15)16/h9-10H,2-8H2,1H3,(H,15,16)/t10-/m0/s1. The molecule has 1 atom stereocenters. The fraction of sp³-hybridized carbons (Fsp3) is 0.833. The maximum Gasteiger partial charge on any atom is 0.327 e. The highest BCUT2D eigenvalue weighted by Gasteiger charge is 2.38. The Morgan fingerprint density at radius 2 is 2.06 bits per heavy atom. The molecule has 2 rings (SSSR count). The molecule has 0 aromatic rings. The van der Waals surface area contributed by atoms with Crippen molar-refractivity contribution in [3.8, 4) is 0 Å². The fourth-order valence-corrected chi connectivity index (χ4v) is 3.90. The normalized spacial score (nSPS) is 24.5. The summed E-state index contributed by atoms with van der Waals surface area (Å²) in [7, 11) is 0. The van der Waals surface area contributed by atoms with Crippen LogP contribution in [0.15, 0.2) is 0 Å². The van der Waals surface area contributed by atoms with Crippen LogP contribution in [-0.4, -0.2) is 57.2 Å². The number of carbonyl (C=O) groups is 2. The van der Waals surface area contributed by atoms with Gasteiger partial charge in [0.15, 0.2) is 0 Å². The zero-order valence-electron chi connectivity index (χ0n) is 10.7. The van der Waals surface area contributed by atoms with E-state index in [9.17, 15) is 9.59 Å². The van der Waals surface area contributed by atoms with Crippen molar-refractivity contribution in [1.29, 1.82) is 0 Å². The molecule has 1 aliphatic heterocycles. The van der Waals surface area contributed by atoms with Gasteiger partial charge in [-0.3, -0.25) is 0 Å². The number of amides is 2. The van der Waals surface area contributed by atoms with Crippen molar-refractivity contribution >= 4 is 23.8 Å². The largest absolute Gasteiger partial charge is 0.480 e. The molecule has 0 radical (unpaired) electrons. The van der Waals surface area contributed by atoms with Crippen molar-refractivity contribution in [3.63, 3.8) is 0 Å². The van der Waals surface area contributed by atoms with Crippen LogP contribution >= 0.6 is 11.8 Å². The van der Waals surface area contributed by atoms with Gasteiger partial charge >= 0.3 is 12.0 Å². The number of carboxylic acid groups (broad SMARTS) is 1. The molecule has 1 saturated heterocycles. The topological polar surface area (TPSA) is 60.9 Å². The lowest BCUT2D eigenvalue weighted by atomic mass is 10.2. The summed E-state index contributed by atoms with van der Waals surface area (Å²) >= 11 is 1.51. The molecule has 0 aromatic heterocycles. The first-order valence-corrected chi connectivity index (χ1v) is 7.68. The number of hydrogen-bond acceptors (Lipinski definition) is 3. The second kappa shape index (κ2) is 5.82. The van der Waals surface area contributed by atoms with Crippen LogP contribution in [0.4, 0.5) is 4.79 Å². The van der Waals surface area contributed by atoms with Crippen molar-refractivity contribution < 1.29 is 14.7 Å². The fourth-order valence-electron chi connectivity index (χ4n) is 2.77. The third-order valence-corrected chi connectivity index (χ3v) is 4.78. The Labute approximate surface area is 112 Å². The summed E-state index contributed by atoms with van der Waals surface area (Å²) in [5.74, 6) is 0.110. The molecule has 2 aliphatic rings. The number of carbonyl (C=O) groups excluding carboxylic acids is 1. The third-order valence-electron chi connectivity index (χ3n) is 3.76. The van der Waals surface area contributed by atoms with Gasteiger partial charge in [0, 0.05) is 18.3 Å². The predicted molar refractivity (Wildman–Crippen MR) is 70.6 cm³/mol. The van der Waals surface area contributed by atoms with E-state index in [0.717, 1.165) is 12.8 Å². The molecule has 18 heavy (non-hydrogen) atoms. The molecule has 2 amide bonds. The van der Waals surface area contributed by atoms with Crippen LogP contribution in [0.2, 0.25) is 0 Å². The Hall–Kier alpha value is -0.910. The molecular weight excluding hydrogens is 252 g/mol. The number of thioether (sulfide) groups is 1. The van der Waals surface area contributed by atoms with E-state index in [1.165, 1.54) is 29.5 Å². The Morgan fingerprint density at radius 3 is 2.61 bits per heavy atom. The molecule has 5 nitrogen and oxygen atoms in total. The average Bonchev–Trinajstić information content (AvgIpc) is 3.00. The molecule has 0 unspecified atom stereocenters. The van der Waals surface area contributed by atoms with Gasteiger partial charge in [-0.15, -0.1) is 11.8 Å². The highest BCUT2D eigenvalue weighted by atomic mass is 32.2. The van der Waals surface area contributed by atoms with Crippen molar-refractivity contribution in [2.45, 2.75) is 44.7 Å². The van der Waals surface area contributed by atoms with E-state index in [1.807, 2.05) is 11.8 Å². The Kier molecular flexibility index (Phi) is 4.37. The first-order valence-electron chi connectivity index (χ1n) is 6.53. The average molecular weight is 272 g/mol. The van der Waals surface area contributed by atoms with Crippen molar-refractivity contribution in [2.75, 3.05) is 18.2 Å². The molecular formula is C12H20N2O3S. The monoisotopic (exact) mass is 272 g/mol. The van der Waals surface area contributed by atoms with E-state index in [2.05, 4.69) is 0 Å². The summed E-state index contributed by atoms with van der Waals surface area (Å²) in [6.45, 7) is 2.63. The van der Waals surface area contributed by atoms with Crippen LogP contribution in [0.25, 0.3) is 0 Å². The first-order chi connectivity index (χ1) is 8.65. The molecule has 0 spiro atoms. The van der Waals surface area contributed by atoms with E-state index < -0.39 is 12.0 Å². The quantitative estimate of drug-likeness (QED) is 0.851. The molecule has 1 heterocycles. The summed E-state index contributed by atoms with van der Waals surface area (Å²) in [5, 5.41) is 9.13. The zero-order chi connectivity index (χ0) is 13.1. The van der Waals surface area contributed by atoms with Gasteiger partial charge in [0.05, 0.1) is 5.88 Å². The third kappa shape index (κ3) is 2.58. The van der Waals surface area contributed by atoms with Gasteiger partial charge in [0.1, 0.15) is 6.04 Å². The number of urea groups is 1. The van der Waals surface area contributed by atoms with Crippen LogP contribution in [0, 0.1) is 0 Å². The number of rotatable bonds is 3. The minimum atomic E-state index is -0.893. The summed E-state index contributed by atoms with van der Waals surface area (Å²) in [5.41, 5.74) is 0. The van der Waals surface area contributed by atoms with Crippen molar-refractivity contribution in [1.82, 2.24) is 9.80 Å². The maximum absolute atomic E-state index is 12.5. The molecule has 0 aromatic carbocycles. The maximum atomic E-state index is 12.5. The van der Waals surface area contributed by atoms with Crippen LogP contribution in [0.5, 0.6) is 0 Å². The molecule has 1 N–H and O–H groups in total. The van der Waals surface area contributed by atoms with Crippen LogP contribution in [0.1, 0.15) is 32.6 Å². The van der Waals surface area contributed by atoms with E-state index in [-0.39, 0.29) is 6.03 Å². The van der Waals surface area contributed by atoms with Crippen LogP contribution < -0.4 is 0 Å². The number of nitrogens with zero attached hydrogens (tertiary/aromatic N) is 2. The molecule has 0 bridgehead atoms. The lowest BCUT2D eigenvalue weighted by molar-refractivity contribution is -0.141. The summed E-state index contributed by atoms with van der Waals surface area (Å²) in [6.07, 6.45) is 4.45. The predicted octanol–water partition coefficient (Wildman–Crippen LogP) is 1.83. The lowest BCUT2D eigenvalue weighted by Crippen LogP contribution is -2.51. The Bertz CT molecular complexity index is 331. The van der Waals surface area contributed by atoms with E-state index in [0.29, 0.717) is 24.2 Å². The number of hydrogen-bond donors (Lipinski definition) is 1. The second-order valence-corrected chi connectivity index (χ2v) is 5.83. The number of aliphatic carboxylic acids is 1. The van der Waals surface area contributed by atoms with Gasteiger partial charge in [-0.1, -0.05) is 12.8 Å². The van der Waals surface area contributed by atoms with Gasteiger partial charge in [-0.25, -0.2) is 9.59 Å². The van der Waals surface area contributed by atoms with Gasteiger partial charge < -0.3 is 14.9 Å². The van der Waals surface area contributed by atoms with Crippen LogP contribution in [0.3, 0.4) is 0 Å². The Balaban J connectivity index is 2.06. The minimum Gasteiger partial charge on any atom is -0.480 e. The summed E-state index contributed by atoms with van der Waals surface area (Å²) in [6, 6.07) is -0.442. The van der Waals surface area contributed by atoms with Gasteiger partial charge in [-0.2, -0.15) is 0 Å². The molecule has 1 saturated carbocycles. The molecule has 6 heteroatoms. The van der Waals surface area contributed by atoms with E-state index in [1.54, 1.807) is 0 Å². The second-order valence-electron chi connectivity index (χ2n) is 4.83. The van der Waals surface area contributed by atoms with Gasteiger partial charge in [0.25, 0.3) is 0 Å². The summed E-state index contributed by atoms with van der Waals surface area (Å²) < 4.78 is 0. The zero-order valence-corrected chi connectivity index (χ0v) is 11.5. The molecule has 102 valence electrons. The van der Waals surface area contributed by atoms with Gasteiger partial charge in [0.2, 0.25) is 0 Å².